The molecule has 0 saturated heterocycles. The van der Waals surface area contributed by atoms with Crippen LogP contribution in [-0.2, 0) is 12.8 Å². The van der Waals surface area contributed by atoms with Crippen molar-refractivity contribution < 1.29 is 0 Å². The van der Waals surface area contributed by atoms with Crippen molar-refractivity contribution in [3.05, 3.63) is 65.0 Å². The minimum atomic E-state index is 0.287. The lowest BCUT2D eigenvalue weighted by atomic mass is 9.94. The standard InChI is InChI=1S/C17H23N3/c1-13-5-3-6-14(2)17(13)11-16(20-18)9-8-15-7-4-10-19-12-15/h3-7,10,12,16,20H,8-9,11,18H2,1-2H3. The molecule has 0 spiro atoms. The second kappa shape index (κ2) is 7.17. The van der Waals surface area contributed by atoms with Crippen LogP contribution in [0.1, 0.15) is 28.7 Å². The minimum absolute atomic E-state index is 0.287. The molecule has 3 heteroatoms. The van der Waals surface area contributed by atoms with Crippen LogP contribution in [0, 0.1) is 13.8 Å². The molecule has 0 amide bonds. The van der Waals surface area contributed by atoms with E-state index in [2.05, 4.69) is 48.5 Å². The number of pyridine rings is 1. The lowest BCUT2D eigenvalue weighted by Gasteiger charge is -2.18. The van der Waals surface area contributed by atoms with Gasteiger partial charge in [-0.05, 0) is 61.4 Å². The van der Waals surface area contributed by atoms with E-state index in [9.17, 15) is 0 Å². The van der Waals surface area contributed by atoms with Gasteiger partial charge in [0, 0.05) is 18.4 Å². The number of nitrogens with one attached hydrogen (secondary N) is 1. The van der Waals surface area contributed by atoms with Crippen molar-refractivity contribution in [2.75, 3.05) is 0 Å². The molecule has 0 bridgehead atoms. The monoisotopic (exact) mass is 269 g/mol. The average molecular weight is 269 g/mol. The van der Waals surface area contributed by atoms with Crippen LogP contribution >= 0.6 is 0 Å². The molecule has 2 aromatic rings. The Bertz CT molecular complexity index is 517. The van der Waals surface area contributed by atoms with Gasteiger partial charge in [0.05, 0.1) is 0 Å². The van der Waals surface area contributed by atoms with E-state index in [0.717, 1.165) is 19.3 Å². The minimum Gasteiger partial charge on any atom is -0.271 e. The largest absolute Gasteiger partial charge is 0.271 e. The van der Waals surface area contributed by atoms with Gasteiger partial charge in [0.25, 0.3) is 0 Å². The molecule has 1 aromatic carbocycles. The van der Waals surface area contributed by atoms with Gasteiger partial charge in [-0.15, -0.1) is 0 Å². The molecule has 1 aromatic heterocycles. The number of nitrogens with two attached hydrogens (primary N) is 1. The zero-order chi connectivity index (χ0) is 14.4. The summed E-state index contributed by atoms with van der Waals surface area (Å²) < 4.78 is 0. The van der Waals surface area contributed by atoms with Crippen LogP contribution in [0.25, 0.3) is 0 Å². The number of hydrogen-bond donors (Lipinski definition) is 2. The van der Waals surface area contributed by atoms with E-state index >= 15 is 0 Å². The van der Waals surface area contributed by atoms with Gasteiger partial charge in [-0.2, -0.15) is 0 Å². The first-order valence-corrected chi connectivity index (χ1v) is 7.11. The first kappa shape index (κ1) is 14.7. The highest BCUT2D eigenvalue weighted by Crippen LogP contribution is 2.17. The summed E-state index contributed by atoms with van der Waals surface area (Å²) in [4.78, 5) is 4.15. The van der Waals surface area contributed by atoms with Gasteiger partial charge in [0.1, 0.15) is 0 Å². The molecule has 1 heterocycles. The number of hydrazine groups is 1. The molecule has 0 fully saturated rings. The molecule has 1 atom stereocenters. The number of rotatable bonds is 6. The Balaban J connectivity index is 1.99. The van der Waals surface area contributed by atoms with Crippen LogP contribution in [0.2, 0.25) is 0 Å². The Kier molecular flexibility index (Phi) is 5.27. The fraction of sp³-hybridized carbons (Fsp3) is 0.353. The molecule has 2 rings (SSSR count). The van der Waals surface area contributed by atoms with Gasteiger partial charge in [0.15, 0.2) is 0 Å². The van der Waals surface area contributed by atoms with Gasteiger partial charge in [-0.1, -0.05) is 24.3 Å². The zero-order valence-corrected chi connectivity index (χ0v) is 12.3. The third-order valence-corrected chi connectivity index (χ3v) is 3.83. The van der Waals surface area contributed by atoms with Crippen LogP contribution in [0.5, 0.6) is 0 Å². The molecule has 0 aliphatic carbocycles. The highest BCUT2D eigenvalue weighted by molar-refractivity contribution is 5.34. The molecule has 0 aliphatic rings. The SMILES string of the molecule is Cc1cccc(C)c1CC(CCc1cccnc1)NN. The van der Waals surface area contributed by atoms with Crippen molar-refractivity contribution in [1.82, 2.24) is 10.4 Å². The molecule has 0 aliphatic heterocycles. The molecular formula is C17H23N3. The molecule has 0 radical (unpaired) electrons. The van der Waals surface area contributed by atoms with Gasteiger partial charge in [-0.25, -0.2) is 0 Å². The van der Waals surface area contributed by atoms with E-state index in [0.29, 0.717) is 0 Å². The lowest BCUT2D eigenvalue weighted by molar-refractivity contribution is 0.489. The highest BCUT2D eigenvalue weighted by atomic mass is 15.2. The second-order valence-electron chi connectivity index (χ2n) is 5.34. The summed E-state index contributed by atoms with van der Waals surface area (Å²) in [5.74, 6) is 5.72. The predicted molar refractivity (Wildman–Crippen MR) is 83.3 cm³/mol. The number of benzene rings is 1. The Hall–Kier alpha value is -1.71. The zero-order valence-electron chi connectivity index (χ0n) is 12.3. The third-order valence-electron chi connectivity index (χ3n) is 3.83. The molecule has 106 valence electrons. The van der Waals surface area contributed by atoms with Crippen LogP contribution in [0.15, 0.2) is 42.7 Å². The molecule has 20 heavy (non-hydrogen) atoms. The highest BCUT2D eigenvalue weighted by Gasteiger charge is 2.11. The van der Waals surface area contributed by atoms with E-state index < -0.39 is 0 Å². The van der Waals surface area contributed by atoms with E-state index in [1.54, 1.807) is 6.20 Å². The Morgan fingerprint density at radius 3 is 2.50 bits per heavy atom. The molecule has 0 saturated carbocycles. The van der Waals surface area contributed by atoms with E-state index in [1.165, 1.54) is 22.3 Å². The summed E-state index contributed by atoms with van der Waals surface area (Å²) in [5, 5.41) is 0. The number of hydrogen-bond acceptors (Lipinski definition) is 3. The summed E-state index contributed by atoms with van der Waals surface area (Å²) >= 11 is 0. The normalized spacial score (nSPS) is 12.3. The summed E-state index contributed by atoms with van der Waals surface area (Å²) in [6.07, 6.45) is 6.70. The fourth-order valence-electron chi connectivity index (χ4n) is 2.55. The van der Waals surface area contributed by atoms with Gasteiger partial charge in [0.2, 0.25) is 0 Å². The van der Waals surface area contributed by atoms with Gasteiger partial charge < -0.3 is 0 Å². The van der Waals surface area contributed by atoms with Crippen molar-refractivity contribution >= 4 is 0 Å². The topological polar surface area (TPSA) is 50.9 Å². The van der Waals surface area contributed by atoms with E-state index in [4.69, 9.17) is 5.84 Å². The summed E-state index contributed by atoms with van der Waals surface area (Å²) in [6.45, 7) is 4.33. The Morgan fingerprint density at radius 2 is 1.90 bits per heavy atom. The third kappa shape index (κ3) is 3.89. The Morgan fingerprint density at radius 1 is 1.15 bits per heavy atom. The van der Waals surface area contributed by atoms with Crippen LogP contribution < -0.4 is 11.3 Å². The van der Waals surface area contributed by atoms with Gasteiger partial charge in [-0.3, -0.25) is 16.3 Å². The average Bonchev–Trinajstić information content (AvgIpc) is 2.47. The van der Waals surface area contributed by atoms with Gasteiger partial charge >= 0.3 is 0 Å². The lowest BCUT2D eigenvalue weighted by Crippen LogP contribution is -2.37. The van der Waals surface area contributed by atoms with Crippen molar-refractivity contribution in [2.45, 2.75) is 39.2 Å². The Labute approximate surface area is 121 Å². The molecular weight excluding hydrogens is 246 g/mol. The number of nitrogens with zero attached hydrogens (tertiary/aromatic N) is 1. The predicted octanol–water partition coefficient (Wildman–Crippen LogP) is 2.71. The summed E-state index contributed by atoms with van der Waals surface area (Å²) in [6, 6.07) is 10.8. The van der Waals surface area contributed by atoms with Crippen LogP contribution in [-0.4, -0.2) is 11.0 Å². The summed E-state index contributed by atoms with van der Waals surface area (Å²) in [5.41, 5.74) is 8.30. The molecule has 3 N–H and O–H groups in total. The summed E-state index contributed by atoms with van der Waals surface area (Å²) in [7, 11) is 0. The first-order valence-electron chi connectivity index (χ1n) is 7.11. The maximum Gasteiger partial charge on any atom is 0.0299 e. The van der Waals surface area contributed by atoms with Crippen molar-refractivity contribution in [3.8, 4) is 0 Å². The van der Waals surface area contributed by atoms with E-state index in [-0.39, 0.29) is 6.04 Å². The maximum absolute atomic E-state index is 5.72. The quantitative estimate of drug-likeness (QED) is 0.626. The van der Waals surface area contributed by atoms with Crippen LogP contribution in [0.4, 0.5) is 0 Å². The van der Waals surface area contributed by atoms with Crippen LogP contribution in [0.3, 0.4) is 0 Å². The smallest absolute Gasteiger partial charge is 0.0299 e. The van der Waals surface area contributed by atoms with Crippen molar-refractivity contribution in [1.29, 1.82) is 0 Å². The number of aryl methyl sites for hydroxylation is 3. The molecule has 1 unspecified atom stereocenters. The fourth-order valence-corrected chi connectivity index (χ4v) is 2.55. The van der Waals surface area contributed by atoms with Crippen molar-refractivity contribution in [2.24, 2.45) is 5.84 Å². The number of aromatic nitrogens is 1. The molecule has 3 nitrogen and oxygen atoms in total. The van der Waals surface area contributed by atoms with Crippen molar-refractivity contribution in [3.63, 3.8) is 0 Å². The second-order valence-corrected chi connectivity index (χ2v) is 5.34. The maximum atomic E-state index is 5.72. The van der Waals surface area contributed by atoms with E-state index in [1.807, 2.05) is 12.3 Å². The first-order chi connectivity index (χ1) is 9.70.